The van der Waals surface area contributed by atoms with Gasteiger partial charge in [0.2, 0.25) is 0 Å². The van der Waals surface area contributed by atoms with E-state index in [1.807, 2.05) is 0 Å². The van der Waals surface area contributed by atoms with Crippen LogP contribution in [0, 0.1) is 0 Å². The molecular weight excluding hydrogens is 873 g/mol. The maximum absolute atomic E-state index is 5.62. The fourth-order valence-corrected chi connectivity index (χ4v) is 12.4. The first-order valence-electron chi connectivity index (χ1n) is 24.4. The van der Waals surface area contributed by atoms with Gasteiger partial charge in [0.15, 0.2) is 0 Å². The summed E-state index contributed by atoms with van der Waals surface area (Å²) in [5.41, 5.74) is 8.59. The van der Waals surface area contributed by atoms with E-state index in [4.69, 9.17) is 57.1 Å². The third kappa shape index (κ3) is 13.0. The van der Waals surface area contributed by atoms with Crippen LogP contribution in [0.5, 0.6) is 0 Å². The van der Waals surface area contributed by atoms with E-state index in [1.165, 1.54) is 39.0 Å². The van der Waals surface area contributed by atoms with Crippen molar-refractivity contribution in [3.63, 3.8) is 0 Å². The van der Waals surface area contributed by atoms with Crippen LogP contribution in [0.2, 0.25) is 0 Å². The van der Waals surface area contributed by atoms with Crippen LogP contribution in [0.4, 0.5) is 0 Å². The molecule has 0 amide bonds. The van der Waals surface area contributed by atoms with Crippen molar-refractivity contribution in [2.75, 3.05) is 5.75 Å². The molecule has 4 heteroatoms. The SMILES string of the molecule is C=CC(CCC(S)C(CCCC(S)(CC/C=C(/CC)c1ccccc1)c1ccccc1)c1ccccc1)(CC(CCS)(CC(C)(c1ccccc1)C(C)S)c1ccccc1)c1ccccc1. The second-order valence-electron chi connectivity index (χ2n) is 19.1. The normalized spacial score (nSPS) is 17.0. The van der Waals surface area contributed by atoms with Crippen molar-refractivity contribution >= 4 is 56.1 Å². The van der Waals surface area contributed by atoms with Gasteiger partial charge in [-0.2, -0.15) is 50.5 Å². The fraction of sp³-hybridized carbons (Fsp3) is 0.355. The van der Waals surface area contributed by atoms with E-state index in [9.17, 15) is 0 Å². The Labute approximate surface area is 421 Å². The number of allylic oxidation sites excluding steroid dienone is 3. The minimum absolute atomic E-state index is 0.115. The topological polar surface area (TPSA) is 0 Å². The second-order valence-corrected chi connectivity index (χ2v) is 21.8. The first-order chi connectivity index (χ1) is 32.0. The quantitative estimate of drug-likeness (QED) is 0.0302. The van der Waals surface area contributed by atoms with Crippen LogP contribution in [0.15, 0.2) is 201 Å². The van der Waals surface area contributed by atoms with E-state index in [0.717, 1.165) is 76.4 Å². The molecule has 0 radical (unpaired) electrons. The van der Waals surface area contributed by atoms with Crippen LogP contribution < -0.4 is 0 Å². The molecule has 66 heavy (non-hydrogen) atoms. The van der Waals surface area contributed by atoms with Gasteiger partial charge in [0.1, 0.15) is 0 Å². The molecule has 6 rings (SSSR count). The number of hydrogen-bond acceptors (Lipinski definition) is 4. The summed E-state index contributed by atoms with van der Waals surface area (Å²) in [7, 11) is 0. The molecule has 0 bridgehead atoms. The van der Waals surface area contributed by atoms with Crippen molar-refractivity contribution in [1.29, 1.82) is 0 Å². The molecule has 0 saturated carbocycles. The number of thiol groups is 4. The lowest BCUT2D eigenvalue weighted by Gasteiger charge is -2.49. The first kappa shape index (κ1) is 51.6. The minimum Gasteiger partial charge on any atom is -0.179 e. The van der Waals surface area contributed by atoms with Crippen LogP contribution in [-0.4, -0.2) is 16.3 Å². The Balaban J connectivity index is 1.31. The highest BCUT2D eigenvalue weighted by Crippen LogP contribution is 2.53. The molecule has 0 aliphatic rings. The second kappa shape index (κ2) is 25.0. The maximum Gasteiger partial charge on any atom is 0.0381 e. The Bertz CT molecular complexity index is 2330. The zero-order valence-electron chi connectivity index (χ0n) is 39.7. The van der Waals surface area contributed by atoms with Crippen molar-refractivity contribution in [2.24, 2.45) is 0 Å². The van der Waals surface area contributed by atoms with Crippen molar-refractivity contribution in [3.8, 4) is 0 Å². The Morgan fingerprint density at radius 2 is 1.09 bits per heavy atom. The van der Waals surface area contributed by atoms with Crippen LogP contribution in [-0.2, 0) is 21.0 Å². The van der Waals surface area contributed by atoms with Crippen LogP contribution in [0.25, 0.3) is 5.57 Å². The van der Waals surface area contributed by atoms with Gasteiger partial charge >= 0.3 is 0 Å². The number of hydrogen-bond donors (Lipinski definition) is 4. The van der Waals surface area contributed by atoms with Crippen LogP contribution in [0.1, 0.15) is 131 Å². The molecule has 0 aliphatic heterocycles. The average Bonchev–Trinajstić information content (AvgIpc) is 3.37. The predicted molar refractivity (Wildman–Crippen MR) is 302 cm³/mol. The Morgan fingerprint density at radius 1 is 0.591 bits per heavy atom. The molecule has 7 unspecified atom stereocenters. The number of benzene rings is 6. The molecule has 7 atom stereocenters. The zero-order chi connectivity index (χ0) is 46.9. The van der Waals surface area contributed by atoms with E-state index >= 15 is 0 Å². The number of rotatable bonds is 26. The molecule has 6 aromatic carbocycles. The third-order valence-electron chi connectivity index (χ3n) is 14.9. The Hall–Kier alpha value is -3.80. The van der Waals surface area contributed by atoms with Gasteiger partial charge in [-0.3, -0.25) is 0 Å². The summed E-state index contributed by atoms with van der Waals surface area (Å²) >= 11 is 21.5. The van der Waals surface area contributed by atoms with Crippen LogP contribution in [0.3, 0.4) is 0 Å². The van der Waals surface area contributed by atoms with Crippen molar-refractivity contribution in [1.82, 2.24) is 0 Å². The molecular formula is C62H74S4. The highest BCUT2D eigenvalue weighted by molar-refractivity contribution is 7.81. The van der Waals surface area contributed by atoms with Gasteiger partial charge in [0.05, 0.1) is 0 Å². The Morgan fingerprint density at radius 3 is 1.61 bits per heavy atom. The monoisotopic (exact) mass is 946 g/mol. The van der Waals surface area contributed by atoms with Crippen molar-refractivity contribution in [2.45, 2.75) is 129 Å². The van der Waals surface area contributed by atoms with E-state index in [1.54, 1.807) is 0 Å². The van der Waals surface area contributed by atoms with Crippen molar-refractivity contribution < 1.29 is 0 Å². The van der Waals surface area contributed by atoms with Gasteiger partial charge in [-0.25, -0.2) is 0 Å². The molecule has 0 fully saturated rings. The third-order valence-corrected chi connectivity index (χ3v) is 17.0. The summed E-state index contributed by atoms with van der Waals surface area (Å²) in [6, 6.07) is 66.4. The highest BCUT2D eigenvalue weighted by Gasteiger charge is 2.47. The van der Waals surface area contributed by atoms with Crippen LogP contribution >= 0.6 is 50.5 Å². The standard InChI is InChI=1S/C62H74S4/c1-5-50(51-27-13-7-14-28-51)31-25-42-62(66,56-38-23-12-24-39-56)43-26-40-57(52-29-15-8-16-30-52)58(65)41-44-60(6-2,54-34-19-10-20-35-54)48-61(45-46-63,55-36-21-11-22-37-55)47-59(4,49(3)64)53-32-17-9-18-33-53/h6-24,27-39,49,57-58,63-66H,2,5,25-26,40-48H2,1,3-4H3/b50-31-. The summed E-state index contributed by atoms with van der Waals surface area (Å²) in [6.07, 6.45) is 15.4. The zero-order valence-corrected chi connectivity index (χ0v) is 43.3. The summed E-state index contributed by atoms with van der Waals surface area (Å²) in [5.74, 6) is 1.04. The fourth-order valence-electron chi connectivity index (χ4n) is 10.9. The van der Waals surface area contributed by atoms with Gasteiger partial charge in [-0.15, -0.1) is 6.58 Å². The first-order valence-corrected chi connectivity index (χ1v) is 26.5. The van der Waals surface area contributed by atoms with Gasteiger partial charge in [0.25, 0.3) is 0 Å². The van der Waals surface area contributed by atoms with E-state index in [-0.39, 0.29) is 37.4 Å². The van der Waals surface area contributed by atoms with Gasteiger partial charge in [-0.1, -0.05) is 221 Å². The summed E-state index contributed by atoms with van der Waals surface area (Å²) in [5, 5.41) is 0.245. The summed E-state index contributed by atoms with van der Waals surface area (Å²) < 4.78 is -0.252. The minimum atomic E-state index is -0.335. The largest absolute Gasteiger partial charge is 0.179 e. The molecule has 0 saturated heterocycles. The lowest BCUT2D eigenvalue weighted by atomic mass is 9.56. The molecule has 0 aliphatic carbocycles. The molecule has 346 valence electrons. The summed E-state index contributed by atoms with van der Waals surface area (Å²) in [4.78, 5) is 0. The summed E-state index contributed by atoms with van der Waals surface area (Å²) in [6.45, 7) is 11.7. The van der Waals surface area contributed by atoms with Gasteiger partial charge in [0, 0.05) is 26.1 Å². The van der Waals surface area contributed by atoms with E-state index in [0.29, 0.717) is 0 Å². The predicted octanol–water partition coefficient (Wildman–Crippen LogP) is 17.6. The van der Waals surface area contributed by atoms with Gasteiger partial charge in [-0.05, 0) is 120 Å². The highest BCUT2D eigenvalue weighted by atomic mass is 32.1. The van der Waals surface area contributed by atoms with Crippen molar-refractivity contribution in [3.05, 3.63) is 234 Å². The molecule has 6 aromatic rings. The van der Waals surface area contributed by atoms with E-state index < -0.39 is 0 Å². The maximum atomic E-state index is 5.62. The lowest BCUT2D eigenvalue weighted by Crippen LogP contribution is -2.45. The molecule has 0 aromatic heterocycles. The van der Waals surface area contributed by atoms with Gasteiger partial charge < -0.3 is 0 Å². The molecule has 0 spiro atoms. The Kier molecular flexibility index (Phi) is 19.5. The van der Waals surface area contributed by atoms with E-state index in [2.05, 4.69) is 215 Å². The molecule has 0 heterocycles. The lowest BCUT2D eigenvalue weighted by molar-refractivity contribution is 0.217. The smallest absolute Gasteiger partial charge is 0.0381 e. The molecule has 0 nitrogen and oxygen atoms in total. The average molecular weight is 948 g/mol. The molecule has 0 N–H and O–H groups in total.